The standard InChI is InChI=1S/C38H57N5O5/c1-2-11-32(40)38(48)43(33(25-28-14-7-4-8-15-28)36(46)34(44)18-17-31-16-9-10-21-41-31)37(47)29(24-27-12-5-3-6-13-27)26-35(45)42-22-19-30(39)20-23-42/h3,5-6,9-10,12-13,16,21,28-30,32-34,36,44,46H,2,4,7-8,11,14-15,17-20,22-26,39-40H2,1H3/t29-,32+,33+,34+,36-/m1/s1. The van der Waals surface area contributed by atoms with E-state index in [1.54, 1.807) is 11.1 Å². The number of aromatic nitrogens is 1. The molecule has 6 N–H and O–H groups in total. The van der Waals surface area contributed by atoms with E-state index in [1.165, 1.54) is 4.90 Å². The van der Waals surface area contributed by atoms with E-state index in [0.29, 0.717) is 51.6 Å². The molecule has 1 aliphatic carbocycles. The van der Waals surface area contributed by atoms with E-state index in [0.717, 1.165) is 43.4 Å². The summed E-state index contributed by atoms with van der Waals surface area (Å²) in [6, 6.07) is 13.2. The lowest BCUT2D eigenvalue weighted by Crippen LogP contribution is -2.59. The molecule has 1 aromatic carbocycles. The maximum atomic E-state index is 14.9. The van der Waals surface area contributed by atoms with Gasteiger partial charge in [-0.05, 0) is 68.6 Å². The maximum Gasteiger partial charge on any atom is 0.246 e. The zero-order valence-electron chi connectivity index (χ0n) is 28.7. The van der Waals surface area contributed by atoms with Crippen molar-refractivity contribution in [1.82, 2.24) is 14.8 Å². The van der Waals surface area contributed by atoms with Crippen molar-refractivity contribution in [3.05, 3.63) is 66.0 Å². The third-order valence-electron chi connectivity index (χ3n) is 10.2. The predicted molar refractivity (Wildman–Crippen MR) is 186 cm³/mol. The number of hydrogen-bond acceptors (Lipinski definition) is 8. The van der Waals surface area contributed by atoms with E-state index in [1.807, 2.05) is 55.5 Å². The Kier molecular flexibility index (Phi) is 15.0. The summed E-state index contributed by atoms with van der Waals surface area (Å²) in [6.07, 6.45) is 7.72. The normalized spacial score (nSPS) is 19.2. The van der Waals surface area contributed by atoms with Crippen LogP contribution in [0.4, 0.5) is 0 Å². The Bertz CT molecular complexity index is 1270. The van der Waals surface area contributed by atoms with Crippen molar-refractivity contribution in [1.29, 1.82) is 0 Å². The minimum atomic E-state index is -1.39. The number of amides is 3. The fourth-order valence-corrected chi connectivity index (χ4v) is 7.31. The lowest BCUT2D eigenvalue weighted by molar-refractivity contribution is -0.159. The molecule has 2 fully saturated rings. The number of likely N-dealkylation sites (tertiary alicyclic amines) is 1. The topological polar surface area (TPSA) is 163 Å². The zero-order chi connectivity index (χ0) is 34.5. The second kappa shape index (κ2) is 19.1. The van der Waals surface area contributed by atoms with Gasteiger partial charge in [-0.2, -0.15) is 0 Å². The molecule has 10 nitrogen and oxygen atoms in total. The smallest absolute Gasteiger partial charge is 0.246 e. The molecule has 1 saturated carbocycles. The van der Waals surface area contributed by atoms with Gasteiger partial charge < -0.3 is 26.6 Å². The number of hydrogen-bond donors (Lipinski definition) is 4. The van der Waals surface area contributed by atoms with Crippen molar-refractivity contribution in [2.75, 3.05) is 13.1 Å². The molecule has 2 heterocycles. The van der Waals surface area contributed by atoms with Crippen LogP contribution in [0.3, 0.4) is 0 Å². The molecule has 3 amide bonds. The zero-order valence-corrected chi connectivity index (χ0v) is 28.7. The number of nitrogens with zero attached hydrogens (tertiary/aromatic N) is 3. The number of carbonyl (C=O) groups excluding carboxylic acids is 3. The number of aliphatic hydroxyl groups excluding tert-OH is 2. The molecule has 1 aromatic heterocycles. The van der Waals surface area contributed by atoms with Gasteiger partial charge in [-0.25, -0.2) is 0 Å². The van der Waals surface area contributed by atoms with E-state index in [9.17, 15) is 24.6 Å². The van der Waals surface area contributed by atoms with Gasteiger partial charge in [0, 0.05) is 37.4 Å². The van der Waals surface area contributed by atoms with Gasteiger partial charge >= 0.3 is 0 Å². The quantitative estimate of drug-likeness (QED) is 0.211. The summed E-state index contributed by atoms with van der Waals surface area (Å²) in [5, 5.41) is 23.3. The van der Waals surface area contributed by atoms with Crippen LogP contribution in [0.25, 0.3) is 0 Å². The molecular weight excluding hydrogens is 606 g/mol. The molecule has 2 aliphatic rings. The van der Waals surface area contributed by atoms with Crippen molar-refractivity contribution in [2.24, 2.45) is 23.3 Å². The van der Waals surface area contributed by atoms with Gasteiger partial charge in [0.25, 0.3) is 0 Å². The number of aliphatic hydroxyl groups is 2. The molecule has 1 saturated heterocycles. The van der Waals surface area contributed by atoms with Crippen LogP contribution in [-0.2, 0) is 27.2 Å². The molecule has 0 radical (unpaired) electrons. The molecule has 0 unspecified atom stereocenters. The SMILES string of the molecule is CCC[C@H](N)C(=O)N(C(=O)[C@@H](CC(=O)N1CCC(N)CC1)Cc1ccccc1)[C@@H](CC1CCCCC1)[C@@H](O)[C@@H](O)CCc1ccccn1. The molecule has 1 aliphatic heterocycles. The summed E-state index contributed by atoms with van der Waals surface area (Å²) in [7, 11) is 0. The molecule has 2 aromatic rings. The molecule has 0 spiro atoms. The van der Waals surface area contributed by atoms with Gasteiger partial charge in [0.15, 0.2) is 0 Å². The second-order valence-corrected chi connectivity index (χ2v) is 14.0. The lowest BCUT2D eigenvalue weighted by atomic mass is 9.81. The van der Waals surface area contributed by atoms with Crippen LogP contribution in [0.2, 0.25) is 0 Å². The monoisotopic (exact) mass is 663 g/mol. The molecular formula is C38H57N5O5. The van der Waals surface area contributed by atoms with Gasteiger partial charge in [0.2, 0.25) is 17.7 Å². The van der Waals surface area contributed by atoms with E-state index >= 15 is 0 Å². The van der Waals surface area contributed by atoms with Crippen LogP contribution < -0.4 is 11.5 Å². The molecule has 5 atom stereocenters. The van der Waals surface area contributed by atoms with Crippen molar-refractivity contribution < 1.29 is 24.6 Å². The van der Waals surface area contributed by atoms with Crippen LogP contribution in [0.1, 0.15) is 95.2 Å². The van der Waals surface area contributed by atoms with Gasteiger partial charge in [-0.15, -0.1) is 0 Å². The Balaban J connectivity index is 1.68. The first-order valence-electron chi connectivity index (χ1n) is 18.1. The third kappa shape index (κ3) is 10.9. The summed E-state index contributed by atoms with van der Waals surface area (Å²) in [4.78, 5) is 50.2. The number of nitrogens with two attached hydrogens (primary N) is 2. The van der Waals surface area contributed by atoms with Crippen molar-refractivity contribution >= 4 is 17.7 Å². The second-order valence-electron chi connectivity index (χ2n) is 14.0. The number of imide groups is 1. The fourth-order valence-electron chi connectivity index (χ4n) is 7.31. The molecule has 4 rings (SSSR count). The summed E-state index contributed by atoms with van der Waals surface area (Å²) in [5.74, 6) is -1.91. The van der Waals surface area contributed by atoms with Gasteiger partial charge in [-0.3, -0.25) is 24.3 Å². The Morgan fingerprint density at radius 1 is 0.938 bits per heavy atom. The van der Waals surface area contributed by atoms with Gasteiger partial charge in [0.05, 0.1) is 24.1 Å². The van der Waals surface area contributed by atoms with Crippen LogP contribution in [0, 0.1) is 11.8 Å². The van der Waals surface area contributed by atoms with Gasteiger partial charge in [0.1, 0.15) is 6.10 Å². The summed E-state index contributed by atoms with van der Waals surface area (Å²) >= 11 is 0. The highest BCUT2D eigenvalue weighted by molar-refractivity contribution is 6.00. The van der Waals surface area contributed by atoms with E-state index in [-0.39, 0.29) is 37.1 Å². The highest BCUT2D eigenvalue weighted by Crippen LogP contribution is 2.32. The summed E-state index contributed by atoms with van der Waals surface area (Å²) < 4.78 is 0. The predicted octanol–water partition coefficient (Wildman–Crippen LogP) is 3.76. The van der Waals surface area contributed by atoms with Crippen molar-refractivity contribution in [3.8, 4) is 0 Å². The average Bonchev–Trinajstić information content (AvgIpc) is 3.11. The lowest BCUT2D eigenvalue weighted by Gasteiger charge is -2.40. The Labute approximate surface area is 286 Å². The first-order chi connectivity index (χ1) is 23.2. The van der Waals surface area contributed by atoms with Crippen LogP contribution >= 0.6 is 0 Å². The Hall–Kier alpha value is -3.18. The van der Waals surface area contributed by atoms with E-state index < -0.39 is 42.0 Å². The van der Waals surface area contributed by atoms with Crippen LogP contribution in [0.5, 0.6) is 0 Å². The summed E-state index contributed by atoms with van der Waals surface area (Å²) in [6.45, 7) is 2.99. The molecule has 48 heavy (non-hydrogen) atoms. The van der Waals surface area contributed by atoms with Crippen molar-refractivity contribution in [2.45, 2.75) is 127 Å². The molecule has 0 bridgehead atoms. The van der Waals surface area contributed by atoms with Crippen LogP contribution in [0.15, 0.2) is 54.7 Å². The van der Waals surface area contributed by atoms with Gasteiger partial charge in [-0.1, -0.05) is 81.8 Å². The Morgan fingerprint density at radius 2 is 1.62 bits per heavy atom. The average molecular weight is 664 g/mol. The summed E-state index contributed by atoms with van der Waals surface area (Å²) in [5.41, 5.74) is 14.2. The van der Waals surface area contributed by atoms with Crippen LogP contribution in [-0.4, -0.2) is 86.1 Å². The number of rotatable bonds is 16. The largest absolute Gasteiger partial charge is 0.390 e. The van der Waals surface area contributed by atoms with E-state index in [2.05, 4.69) is 4.98 Å². The number of aryl methyl sites for hydroxylation is 1. The fraction of sp³-hybridized carbons (Fsp3) is 0.632. The molecule has 264 valence electrons. The first kappa shape index (κ1) is 37.6. The first-order valence-corrected chi connectivity index (χ1v) is 18.1. The molecule has 10 heteroatoms. The van der Waals surface area contributed by atoms with Crippen molar-refractivity contribution in [3.63, 3.8) is 0 Å². The highest BCUT2D eigenvalue weighted by Gasteiger charge is 2.43. The minimum Gasteiger partial charge on any atom is -0.390 e. The number of piperidine rings is 1. The number of carbonyl (C=O) groups is 3. The highest BCUT2D eigenvalue weighted by atomic mass is 16.3. The van der Waals surface area contributed by atoms with E-state index in [4.69, 9.17) is 11.5 Å². The maximum absolute atomic E-state index is 14.9. The number of benzene rings is 1. The number of pyridine rings is 1. The third-order valence-corrected chi connectivity index (χ3v) is 10.2. The Morgan fingerprint density at radius 3 is 2.27 bits per heavy atom. The minimum absolute atomic E-state index is 0.0510.